The van der Waals surface area contributed by atoms with Gasteiger partial charge in [-0.15, -0.1) is 0 Å². The standard InChI is InChI=1S/C33H68O4/c34-31-32(35)29-27-25-23-21-19-17-15-13-11-9-7-5-3-1-2-4-6-8-10-12-14-16-18-20-22-24-26-28-30-33(36)37/h32-37H,1-31H2. The van der Waals surface area contributed by atoms with E-state index in [2.05, 4.69) is 0 Å². The molecule has 0 aliphatic heterocycles. The smallest absolute Gasteiger partial charge is 0.151 e. The van der Waals surface area contributed by atoms with Crippen molar-refractivity contribution in [1.29, 1.82) is 0 Å². The van der Waals surface area contributed by atoms with Crippen LogP contribution >= 0.6 is 0 Å². The zero-order valence-electron chi connectivity index (χ0n) is 24.9. The lowest BCUT2D eigenvalue weighted by Crippen LogP contribution is -2.10. The van der Waals surface area contributed by atoms with Gasteiger partial charge in [0, 0.05) is 0 Å². The van der Waals surface area contributed by atoms with Gasteiger partial charge in [-0.2, -0.15) is 0 Å². The predicted molar refractivity (Wildman–Crippen MR) is 160 cm³/mol. The average molecular weight is 529 g/mol. The van der Waals surface area contributed by atoms with E-state index in [0.717, 1.165) is 25.7 Å². The highest BCUT2D eigenvalue weighted by molar-refractivity contribution is 4.55. The molecule has 0 aromatic carbocycles. The lowest BCUT2D eigenvalue weighted by molar-refractivity contribution is -0.0466. The normalized spacial score (nSPS) is 12.6. The first-order valence-corrected chi connectivity index (χ1v) is 16.8. The molecule has 0 bridgehead atoms. The van der Waals surface area contributed by atoms with Crippen molar-refractivity contribution in [2.24, 2.45) is 0 Å². The van der Waals surface area contributed by atoms with Crippen LogP contribution in [0, 0.1) is 0 Å². The van der Waals surface area contributed by atoms with Gasteiger partial charge in [-0.25, -0.2) is 0 Å². The molecular weight excluding hydrogens is 460 g/mol. The summed E-state index contributed by atoms with van der Waals surface area (Å²) in [6.45, 7) is -0.0910. The van der Waals surface area contributed by atoms with Crippen LogP contribution in [0.2, 0.25) is 0 Å². The summed E-state index contributed by atoms with van der Waals surface area (Å²) in [6.07, 6.45) is 37.5. The highest BCUT2D eigenvalue weighted by Crippen LogP contribution is 2.16. The van der Waals surface area contributed by atoms with E-state index in [9.17, 15) is 5.11 Å². The fourth-order valence-corrected chi connectivity index (χ4v) is 5.39. The monoisotopic (exact) mass is 529 g/mol. The Morgan fingerprint density at radius 1 is 0.270 bits per heavy atom. The first-order valence-electron chi connectivity index (χ1n) is 16.8. The number of aliphatic hydroxyl groups excluding tert-OH is 3. The Balaban J connectivity index is 3.03. The van der Waals surface area contributed by atoms with Crippen LogP contribution in [0.15, 0.2) is 0 Å². The highest BCUT2D eigenvalue weighted by atomic mass is 16.5. The van der Waals surface area contributed by atoms with Crippen molar-refractivity contribution in [2.45, 2.75) is 205 Å². The van der Waals surface area contributed by atoms with Gasteiger partial charge in [-0.05, 0) is 19.3 Å². The van der Waals surface area contributed by atoms with E-state index < -0.39 is 12.4 Å². The van der Waals surface area contributed by atoms with Crippen LogP contribution in [-0.2, 0) is 0 Å². The maximum Gasteiger partial charge on any atom is 0.151 e. The maximum absolute atomic E-state index is 9.31. The third-order valence-electron chi connectivity index (χ3n) is 7.96. The fraction of sp³-hybridized carbons (Fsp3) is 1.00. The Bertz CT molecular complexity index is 402. The van der Waals surface area contributed by atoms with E-state index >= 15 is 0 Å². The average Bonchev–Trinajstić information content (AvgIpc) is 2.89. The van der Waals surface area contributed by atoms with E-state index in [1.165, 1.54) is 161 Å². The highest BCUT2D eigenvalue weighted by Gasteiger charge is 2.01. The molecule has 0 spiro atoms. The van der Waals surface area contributed by atoms with E-state index in [1.54, 1.807) is 0 Å². The van der Waals surface area contributed by atoms with E-state index in [0.29, 0.717) is 6.42 Å². The van der Waals surface area contributed by atoms with Crippen molar-refractivity contribution < 1.29 is 20.4 Å². The molecular formula is C33H68O4. The molecule has 224 valence electrons. The number of unbranched alkanes of at least 4 members (excludes halogenated alkanes) is 27. The first-order chi connectivity index (χ1) is 18.2. The van der Waals surface area contributed by atoms with Crippen LogP contribution in [0.25, 0.3) is 0 Å². The minimum atomic E-state index is -1.11. The quantitative estimate of drug-likeness (QED) is 0.0518. The topological polar surface area (TPSA) is 80.9 Å². The van der Waals surface area contributed by atoms with Crippen LogP contribution in [0.3, 0.4) is 0 Å². The van der Waals surface area contributed by atoms with Gasteiger partial charge in [-0.1, -0.05) is 173 Å². The minimum Gasteiger partial charge on any atom is -0.394 e. The van der Waals surface area contributed by atoms with Crippen molar-refractivity contribution >= 4 is 0 Å². The van der Waals surface area contributed by atoms with Gasteiger partial charge in [0.25, 0.3) is 0 Å². The van der Waals surface area contributed by atoms with Crippen molar-refractivity contribution in [3.63, 3.8) is 0 Å². The van der Waals surface area contributed by atoms with Gasteiger partial charge >= 0.3 is 0 Å². The van der Waals surface area contributed by atoms with Gasteiger partial charge in [0.1, 0.15) is 0 Å². The zero-order chi connectivity index (χ0) is 27.1. The molecule has 0 radical (unpaired) electrons. The van der Waals surface area contributed by atoms with E-state index in [4.69, 9.17) is 15.3 Å². The summed E-state index contributed by atoms with van der Waals surface area (Å²) in [5.74, 6) is 0. The van der Waals surface area contributed by atoms with Crippen LogP contribution in [0.1, 0.15) is 193 Å². The number of hydrogen-bond acceptors (Lipinski definition) is 4. The summed E-state index contributed by atoms with van der Waals surface area (Å²) in [7, 11) is 0. The summed E-state index contributed by atoms with van der Waals surface area (Å²) in [5, 5.41) is 35.7. The van der Waals surface area contributed by atoms with Crippen LogP contribution in [-0.4, -0.2) is 39.4 Å². The molecule has 4 nitrogen and oxygen atoms in total. The molecule has 1 unspecified atom stereocenters. The molecule has 37 heavy (non-hydrogen) atoms. The molecule has 4 heteroatoms. The molecule has 1 atom stereocenters. The number of rotatable bonds is 32. The largest absolute Gasteiger partial charge is 0.394 e. The van der Waals surface area contributed by atoms with Gasteiger partial charge in [0.2, 0.25) is 0 Å². The predicted octanol–water partition coefficient (Wildman–Crippen LogP) is 9.35. The molecule has 0 amide bonds. The molecule has 0 saturated carbocycles. The SMILES string of the molecule is OCC(O)CCCCCCCCCCCCCCCCCCCCCCCCCCCCCCC(O)O. The Labute approximate surface area is 232 Å². The van der Waals surface area contributed by atoms with Crippen LogP contribution in [0.4, 0.5) is 0 Å². The number of hydrogen-bond donors (Lipinski definition) is 4. The van der Waals surface area contributed by atoms with Crippen LogP contribution < -0.4 is 0 Å². The Morgan fingerprint density at radius 3 is 0.649 bits per heavy atom. The van der Waals surface area contributed by atoms with Gasteiger partial charge in [0.15, 0.2) is 6.29 Å². The maximum atomic E-state index is 9.31. The van der Waals surface area contributed by atoms with Crippen LogP contribution in [0.5, 0.6) is 0 Å². The van der Waals surface area contributed by atoms with Crippen molar-refractivity contribution in [3.8, 4) is 0 Å². The fourth-order valence-electron chi connectivity index (χ4n) is 5.39. The molecule has 0 saturated heterocycles. The van der Waals surface area contributed by atoms with Crippen molar-refractivity contribution in [1.82, 2.24) is 0 Å². The molecule has 0 aromatic heterocycles. The summed E-state index contributed by atoms with van der Waals surface area (Å²) < 4.78 is 0. The van der Waals surface area contributed by atoms with Gasteiger partial charge < -0.3 is 20.4 Å². The second kappa shape index (κ2) is 32.1. The van der Waals surface area contributed by atoms with Crippen molar-refractivity contribution in [3.05, 3.63) is 0 Å². The van der Waals surface area contributed by atoms with Crippen molar-refractivity contribution in [2.75, 3.05) is 6.61 Å². The number of aliphatic hydroxyl groups is 4. The Hall–Kier alpha value is -0.160. The second-order valence-electron chi connectivity index (χ2n) is 11.8. The minimum absolute atomic E-state index is 0.0910. The van der Waals surface area contributed by atoms with E-state index in [-0.39, 0.29) is 6.61 Å². The molecule has 0 heterocycles. The third-order valence-corrected chi connectivity index (χ3v) is 7.96. The molecule has 0 fully saturated rings. The third kappa shape index (κ3) is 33.8. The summed E-state index contributed by atoms with van der Waals surface area (Å²) >= 11 is 0. The lowest BCUT2D eigenvalue weighted by Gasteiger charge is -2.06. The van der Waals surface area contributed by atoms with Gasteiger partial charge in [-0.3, -0.25) is 0 Å². The summed E-state index contributed by atoms with van der Waals surface area (Å²) in [6, 6.07) is 0. The molecule has 0 rings (SSSR count). The molecule has 0 aliphatic rings. The second-order valence-corrected chi connectivity index (χ2v) is 11.8. The lowest BCUT2D eigenvalue weighted by atomic mass is 10.0. The summed E-state index contributed by atoms with van der Waals surface area (Å²) in [5.41, 5.74) is 0. The molecule has 0 aromatic rings. The first kappa shape index (κ1) is 36.8. The van der Waals surface area contributed by atoms with E-state index in [1.807, 2.05) is 0 Å². The zero-order valence-corrected chi connectivity index (χ0v) is 24.9. The Kier molecular flexibility index (Phi) is 31.9. The summed E-state index contributed by atoms with van der Waals surface area (Å²) in [4.78, 5) is 0. The molecule has 4 N–H and O–H groups in total. The molecule has 0 aliphatic carbocycles. The van der Waals surface area contributed by atoms with Gasteiger partial charge in [0.05, 0.1) is 12.7 Å². The Morgan fingerprint density at radius 2 is 0.459 bits per heavy atom.